The number of nitrogens with one attached hydrogen (secondary N) is 1. The van der Waals surface area contributed by atoms with E-state index in [1.807, 2.05) is 5.38 Å². The lowest BCUT2D eigenvalue weighted by Gasteiger charge is -2.17. The van der Waals surface area contributed by atoms with Gasteiger partial charge in [0.1, 0.15) is 5.82 Å². The maximum atomic E-state index is 13.0. The Labute approximate surface area is 112 Å². The molecule has 3 N–H and O–H groups in total. The molecule has 17 heavy (non-hydrogen) atoms. The summed E-state index contributed by atoms with van der Waals surface area (Å²) >= 11 is 5.01. The van der Waals surface area contributed by atoms with Gasteiger partial charge in [-0.1, -0.05) is 22.0 Å². The van der Waals surface area contributed by atoms with Gasteiger partial charge in [-0.25, -0.2) is 4.39 Å². The summed E-state index contributed by atoms with van der Waals surface area (Å²) in [6.45, 7) is 0. The number of benzene rings is 1. The lowest BCUT2D eigenvalue weighted by atomic mass is 10.0. The van der Waals surface area contributed by atoms with Crippen LogP contribution < -0.4 is 11.3 Å². The van der Waals surface area contributed by atoms with E-state index in [9.17, 15) is 4.39 Å². The Morgan fingerprint density at radius 1 is 1.41 bits per heavy atom. The summed E-state index contributed by atoms with van der Waals surface area (Å²) in [7, 11) is 0. The Morgan fingerprint density at radius 3 is 2.82 bits per heavy atom. The van der Waals surface area contributed by atoms with Gasteiger partial charge in [0.05, 0.1) is 6.04 Å². The van der Waals surface area contributed by atoms with Crippen LogP contribution in [0.15, 0.2) is 39.5 Å². The quantitative estimate of drug-likeness (QED) is 0.670. The molecule has 1 aromatic carbocycles. The van der Waals surface area contributed by atoms with Crippen molar-refractivity contribution in [2.45, 2.75) is 12.5 Å². The van der Waals surface area contributed by atoms with Crippen molar-refractivity contribution in [3.8, 4) is 0 Å². The van der Waals surface area contributed by atoms with E-state index in [1.165, 1.54) is 17.7 Å². The summed E-state index contributed by atoms with van der Waals surface area (Å²) in [5.74, 6) is 5.31. The van der Waals surface area contributed by atoms with Crippen molar-refractivity contribution in [2.75, 3.05) is 0 Å². The lowest BCUT2D eigenvalue weighted by Crippen LogP contribution is -2.29. The second-order valence-corrected chi connectivity index (χ2v) is 5.36. The molecule has 0 fully saturated rings. The number of hydrogen-bond donors (Lipinski definition) is 2. The number of nitrogens with two attached hydrogens (primary N) is 1. The predicted octanol–water partition coefficient (Wildman–Crippen LogP) is 3.40. The monoisotopic (exact) mass is 314 g/mol. The smallest absolute Gasteiger partial charge is 0.124 e. The summed E-state index contributed by atoms with van der Waals surface area (Å²) in [5.41, 5.74) is 4.94. The molecular weight excluding hydrogens is 303 g/mol. The third-order valence-electron chi connectivity index (χ3n) is 2.56. The van der Waals surface area contributed by atoms with Crippen molar-refractivity contribution in [1.29, 1.82) is 0 Å². The van der Waals surface area contributed by atoms with E-state index in [4.69, 9.17) is 5.84 Å². The maximum Gasteiger partial charge on any atom is 0.124 e. The highest BCUT2D eigenvalue weighted by Crippen LogP contribution is 2.27. The minimum Gasteiger partial charge on any atom is -0.271 e. The highest BCUT2D eigenvalue weighted by Gasteiger charge is 2.14. The molecule has 0 amide bonds. The van der Waals surface area contributed by atoms with Gasteiger partial charge in [-0.05, 0) is 46.5 Å². The molecule has 2 aromatic rings. The first-order valence-corrected chi connectivity index (χ1v) is 6.86. The number of hydrogen-bond acceptors (Lipinski definition) is 3. The van der Waals surface area contributed by atoms with Crippen LogP contribution in [0.4, 0.5) is 4.39 Å². The van der Waals surface area contributed by atoms with Crippen molar-refractivity contribution in [1.82, 2.24) is 5.43 Å². The van der Waals surface area contributed by atoms with Crippen molar-refractivity contribution in [3.63, 3.8) is 0 Å². The van der Waals surface area contributed by atoms with Crippen molar-refractivity contribution in [2.24, 2.45) is 5.84 Å². The Bertz CT molecular complexity index is 487. The average Bonchev–Trinajstić information content (AvgIpc) is 2.79. The molecule has 0 bridgehead atoms. The zero-order valence-corrected chi connectivity index (χ0v) is 11.4. The predicted molar refractivity (Wildman–Crippen MR) is 72.2 cm³/mol. The van der Waals surface area contributed by atoms with Gasteiger partial charge in [-0.15, -0.1) is 0 Å². The van der Waals surface area contributed by atoms with Crippen LogP contribution in [0.2, 0.25) is 0 Å². The van der Waals surface area contributed by atoms with Gasteiger partial charge >= 0.3 is 0 Å². The van der Waals surface area contributed by atoms with E-state index in [0.717, 1.165) is 16.5 Å². The van der Waals surface area contributed by atoms with Crippen LogP contribution in [0.1, 0.15) is 17.2 Å². The maximum absolute atomic E-state index is 13.0. The Hall–Kier alpha value is -0.750. The summed E-state index contributed by atoms with van der Waals surface area (Å²) < 4.78 is 13.7. The number of rotatable bonds is 4. The minimum absolute atomic E-state index is 0.0282. The molecule has 0 spiro atoms. The average molecular weight is 315 g/mol. The number of thiophene rings is 1. The fourth-order valence-electron chi connectivity index (χ4n) is 1.69. The van der Waals surface area contributed by atoms with Crippen LogP contribution in [0.5, 0.6) is 0 Å². The molecule has 0 saturated heterocycles. The van der Waals surface area contributed by atoms with Gasteiger partial charge in [0.25, 0.3) is 0 Å². The second-order valence-electron chi connectivity index (χ2n) is 3.72. The fourth-order valence-corrected chi connectivity index (χ4v) is 3.00. The van der Waals surface area contributed by atoms with Gasteiger partial charge < -0.3 is 0 Å². The lowest BCUT2D eigenvalue weighted by molar-refractivity contribution is 0.547. The summed E-state index contributed by atoms with van der Waals surface area (Å²) in [6, 6.07) is 6.67. The topological polar surface area (TPSA) is 38.0 Å². The van der Waals surface area contributed by atoms with Crippen molar-refractivity contribution >= 4 is 27.3 Å². The van der Waals surface area contributed by atoms with Crippen molar-refractivity contribution < 1.29 is 4.39 Å². The molecular formula is C12H12BrFN2S. The van der Waals surface area contributed by atoms with E-state index < -0.39 is 0 Å². The van der Waals surface area contributed by atoms with Crippen LogP contribution in [0.3, 0.4) is 0 Å². The highest BCUT2D eigenvalue weighted by molar-refractivity contribution is 9.10. The van der Waals surface area contributed by atoms with Crippen LogP contribution in [0, 0.1) is 5.82 Å². The van der Waals surface area contributed by atoms with E-state index >= 15 is 0 Å². The zero-order chi connectivity index (χ0) is 12.3. The molecule has 5 heteroatoms. The normalized spacial score (nSPS) is 12.6. The molecule has 1 heterocycles. The van der Waals surface area contributed by atoms with E-state index in [1.54, 1.807) is 17.4 Å². The van der Waals surface area contributed by atoms with Crippen LogP contribution in [-0.4, -0.2) is 0 Å². The molecule has 2 rings (SSSR count). The molecule has 0 radical (unpaired) electrons. The SMILES string of the molecule is NNC(Cc1ccsc1)c1ccc(F)cc1Br. The van der Waals surface area contributed by atoms with Crippen LogP contribution >= 0.6 is 27.3 Å². The first kappa shape index (κ1) is 12.7. The first-order valence-electron chi connectivity index (χ1n) is 5.13. The van der Waals surface area contributed by atoms with E-state index in [0.29, 0.717) is 0 Å². The fraction of sp³-hybridized carbons (Fsp3) is 0.167. The van der Waals surface area contributed by atoms with Gasteiger partial charge in [0.2, 0.25) is 0 Å². The Kier molecular flexibility index (Phi) is 4.28. The van der Waals surface area contributed by atoms with Crippen molar-refractivity contribution in [3.05, 3.63) is 56.4 Å². The van der Waals surface area contributed by atoms with Crippen LogP contribution in [0.25, 0.3) is 0 Å². The molecule has 1 atom stereocenters. The molecule has 0 aliphatic heterocycles. The van der Waals surface area contributed by atoms with Gasteiger partial charge in [0.15, 0.2) is 0 Å². The summed E-state index contributed by atoms with van der Waals surface area (Å²) in [4.78, 5) is 0. The largest absolute Gasteiger partial charge is 0.271 e. The Balaban J connectivity index is 2.23. The minimum atomic E-state index is -0.257. The molecule has 2 nitrogen and oxygen atoms in total. The molecule has 0 aliphatic rings. The molecule has 1 unspecified atom stereocenters. The summed E-state index contributed by atoms with van der Waals surface area (Å²) in [6.07, 6.45) is 0.782. The Morgan fingerprint density at radius 2 is 2.24 bits per heavy atom. The highest BCUT2D eigenvalue weighted by atomic mass is 79.9. The standard InChI is InChI=1S/C12H12BrFN2S/c13-11-6-9(14)1-2-10(11)12(16-15)5-8-3-4-17-7-8/h1-4,6-7,12,16H,5,15H2. The third kappa shape index (κ3) is 3.13. The van der Waals surface area contributed by atoms with Gasteiger partial charge in [-0.3, -0.25) is 11.3 Å². The third-order valence-corrected chi connectivity index (χ3v) is 3.98. The summed E-state index contributed by atoms with van der Waals surface area (Å²) in [5, 5.41) is 4.12. The van der Waals surface area contributed by atoms with E-state index in [2.05, 4.69) is 32.8 Å². The number of halogens is 2. The number of hydrazine groups is 1. The zero-order valence-electron chi connectivity index (χ0n) is 8.99. The molecule has 1 aromatic heterocycles. The molecule has 0 saturated carbocycles. The molecule has 90 valence electrons. The second kappa shape index (κ2) is 5.73. The van der Waals surface area contributed by atoms with Crippen LogP contribution in [-0.2, 0) is 6.42 Å². The first-order chi connectivity index (χ1) is 8.20. The van der Waals surface area contributed by atoms with Gasteiger partial charge in [-0.2, -0.15) is 11.3 Å². The molecule has 0 aliphatic carbocycles. The van der Waals surface area contributed by atoms with Gasteiger partial charge in [0, 0.05) is 4.47 Å². The van der Waals surface area contributed by atoms with E-state index in [-0.39, 0.29) is 11.9 Å².